The minimum absolute atomic E-state index is 0.111. The molecule has 1 amide bonds. The van der Waals surface area contributed by atoms with Crippen LogP contribution in [0.15, 0.2) is 28.5 Å². The van der Waals surface area contributed by atoms with E-state index in [9.17, 15) is 4.79 Å². The van der Waals surface area contributed by atoms with E-state index in [1.165, 1.54) is 32.0 Å². The van der Waals surface area contributed by atoms with E-state index < -0.39 is 0 Å². The Morgan fingerprint density at radius 1 is 1.18 bits per heavy atom. The van der Waals surface area contributed by atoms with Crippen LogP contribution < -0.4 is 5.32 Å². The minimum atomic E-state index is 0.111. The highest BCUT2D eigenvalue weighted by Gasteiger charge is 2.11. The predicted molar refractivity (Wildman–Crippen MR) is 97.1 cm³/mol. The van der Waals surface area contributed by atoms with Gasteiger partial charge < -0.3 is 5.32 Å². The third-order valence-corrected chi connectivity index (χ3v) is 6.16. The van der Waals surface area contributed by atoms with Crippen molar-refractivity contribution in [2.45, 2.75) is 39.0 Å². The molecule has 1 heterocycles. The van der Waals surface area contributed by atoms with Gasteiger partial charge in [0.15, 0.2) is 0 Å². The van der Waals surface area contributed by atoms with Gasteiger partial charge in [-0.05, 0) is 67.8 Å². The van der Waals surface area contributed by atoms with Gasteiger partial charge in [-0.25, -0.2) is 0 Å². The first-order valence-corrected chi connectivity index (χ1v) is 9.35. The quantitative estimate of drug-likeness (QED) is 0.792. The van der Waals surface area contributed by atoms with E-state index >= 15 is 0 Å². The fourth-order valence-corrected chi connectivity index (χ4v) is 4.21. The van der Waals surface area contributed by atoms with Crippen molar-refractivity contribution >= 4 is 29.0 Å². The summed E-state index contributed by atoms with van der Waals surface area (Å²) in [6.45, 7) is 9.25. The minimum Gasteiger partial charge on any atom is -0.355 e. The van der Waals surface area contributed by atoms with Crippen LogP contribution in [-0.4, -0.2) is 18.2 Å². The second kappa shape index (κ2) is 7.84. The number of thioether (sulfide) groups is 1. The maximum absolute atomic E-state index is 12.0. The molecule has 0 radical (unpaired) electrons. The number of hydrogen-bond donors (Lipinski definition) is 1. The average molecular weight is 334 g/mol. The standard InChI is InChI=1S/C18H23NOS2/c1-12-10-13(2)15(4)18(14(12)3)22-11-17(20)19-8-7-16-6-5-9-21-16/h5-6,9-10H,7-8,11H2,1-4H3,(H,19,20). The maximum atomic E-state index is 12.0. The Hall–Kier alpha value is -1.26. The molecular weight excluding hydrogens is 310 g/mol. The number of rotatable bonds is 6. The smallest absolute Gasteiger partial charge is 0.230 e. The molecule has 1 aromatic heterocycles. The van der Waals surface area contributed by atoms with Crippen molar-refractivity contribution in [2.24, 2.45) is 0 Å². The fraction of sp³-hybridized carbons (Fsp3) is 0.389. The molecule has 2 rings (SSSR count). The lowest BCUT2D eigenvalue weighted by molar-refractivity contribution is -0.118. The zero-order chi connectivity index (χ0) is 16.1. The topological polar surface area (TPSA) is 29.1 Å². The summed E-state index contributed by atoms with van der Waals surface area (Å²) in [4.78, 5) is 14.6. The van der Waals surface area contributed by atoms with Crippen molar-refractivity contribution in [1.29, 1.82) is 0 Å². The third-order valence-electron chi connectivity index (χ3n) is 3.92. The van der Waals surface area contributed by atoms with Gasteiger partial charge in [-0.3, -0.25) is 4.79 Å². The van der Waals surface area contributed by atoms with Crippen LogP contribution >= 0.6 is 23.1 Å². The van der Waals surface area contributed by atoms with Gasteiger partial charge in [0.25, 0.3) is 0 Å². The monoisotopic (exact) mass is 333 g/mol. The number of amides is 1. The molecule has 0 spiro atoms. The van der Waals surface area contributed by atoms with Gasteiger partial charge in [0.2, 0.25) is 5.91 Å². The third kappa shape index (κ3) is 4.37. The first-order valence-electron chi connectivity index (χ1n) is 7.48. The van der Waals surface area contributed by atoms with Crippen LogP contribution in [0.5, 0.6) is 0 Å². The Kier molecular flexibility index (Phi) is 6.09. The van der Waals surface area contributed by atoms with E-state index in [1.54, 1.807) is 23.1 Å². The molecule has 0 fully saturated rings. The summed E-state index contributed by atoms with van der Waals surface area (Å²) in [6.07, 6.45) is 0.912. The largest absolute Gasteiger partial charge is 0.355 e. The van der Waals surface area contributed by atoms with Crippen LogP contribution in [0.2, 0.25) is 0 Å². The van der Waals surface area contributed by atoms with Crippen LogP contribution in [0.3, 0.4) is 0 Å². The van der Waals surface area contributed by atoms with E-state index in [-0.39, 0.29) is 5.91 Å². The Morgan fingerprint density at radius 2 is 1.86 bits per heavy atom. The Morgan fingerprint density at radius 3 is 2.45 bits per heavy atom. The van der Waals surface area contributed by atoms with E-state index in [2.05, 4.69) is 50.5 Å². The zero-order valence-corrected chi connectivity index (χ0v) is 15.3. The molecule has 1 aromatic carbocycles. The Balaban J connectivity index is 1.86. The van der Waals surface area contributed by atoms with Crippen molar-refractivity contribution < 1.29 is 4.79 Å². The van der Waals surface area contributed by atoms with Crippen molar-refractivity contribution in [3.63, 3.8) is 0 Å². The van der Waals surface area contributed by atoms with E-state index in [0.717, 1.165) is 6.42 Å². The van der Waals surface area contributed by atoms with Gasteiger partial charge in [-0.1, -0.05) is 12.1 Å². The molecule has 0 aliphatic rings. The first kappa shape index (κ1) is 17.1. The van der Waals surface area contributed by atoms with Crippen LogP contribution in [0, 0.1) is 27.7 Å². The molecule has 0 saturated carbocycles. The molecular formula is C18H23NOS2. The summed E-state index contributed by atoms with van der Waals surface area (Å²) in [5, 5.41) is 5.07. The summed E-state index contributed by atoms with van der Waals surface area (Å²) in [6, 6.07) is 6.37. The molecule has 2 nitrogen and oxygen atoms in total. The summed E-state index contributed by atoms with van der Waals surface area (Å²) in [5.41, 5.74) is 5.17. The first-order chi connectivity index (χ1) is 10.5. The molecule has 4 heteroatoms. The molecule has 0 unspecified atom stereocenters. The van der Waals surface area contributed by atoms with Crippen molar-refractivity contribution in [3.8, 4) is 0 Å². The molecule has 22 heavy (non-hydrogen) atoms. The number of benzene rings is 1. The lowest BCUT2D eigenvalue weighted by Crippen LogP contribution is -2.27. The lowest BCUT2D eigenvalue weighted by Gasteiger charge is -2.14. The van der Waals surface area contributed by atoms with Crippen LogP contribution in [0.25, 0.3) is 0 Å². The fourth-order valence-electron chi connectivity index (χ4n) is 2.37. The number of thiophene rings is 1. The molecule has 1 N–H and O–H groups in total. The van der Waals surface area contributed by atoms with Gasteiger partial charge in [0.05, 0.1) is 5.75 Å². The number of nitrogens with one attached hydrogen (secondary N) is 1. The summed E-state index contributed by atoms with van der Waals surface area (Å²) >= 11 is 3.38. The SMILES string of the molecule is Cc1cc(C)c(C)c(SCC(=O)NCCc2cccs2)c1C. The molecule has 0 bridgehead atoms. The highest BCUT2D eigenvalue weighted by Crippen LogP contribution is 2.30. The maximum Gasteiger partial charge on any atom is 0.230 e. The second-order valence-corrected chi connectivity index (χ2v) is 7.58. The van der Waals surface area contributed by atoms with Crippen LogP contribution in [0.1, 0.15) is 27.1 Å². The van der Waals surface area contributed by atoms with Crippen molar-refractivity contribution in [1.82, 2.24) is 5.32 Å². The molecule has 2 aromatic rings. The van der Waals surface area contributed by atoms with Crippen LogP contribution in [-0.2, 0) is 11.2 Å². The highest BCUT2D eigenvalue weighted by molar-refractivity contribution is 8.00. The molecule has 0 aliphatic heterocycles. The van der Waals surface area contributed by atoms with Crippen molar-refractivity contribution in [3.05, 3.63) is 50.7 Å². The summed E-state index contributed by atoms with van der Waals surface area (Å²) < 4.78 is 0. The Bertz CT molecular complexity index is 621. The number of carbonyl (C=O) groups is 1. The van der Waals surface area contributed by atoms with E-state index in [1.807, 2.05) is 6.07 Å². The van der Waals surface area contributed by atoms with Crippen LogP contribution in [0.4, 0.5) is 0 Å². The predicted octanol–water partition coefficient (Wildman–Crippen LogP) is 4.43. The van der Waals surface area contributed by atoms with Gasteiger partial charge >= 0.3 is 0 Å². The van der Waals surface area contributed by atoms with Gasteiger partial charge in [-0.2, -0.15) is 0 Å². The number of hydrogen-bond acceptors (Lipinski definition) is 3. The van der Waals surface area contributed by atoms with Gasteiger partial charge in [0, 0.05) is 16.3 Å². The second-order valence-electron chi connectivity index (χ2n) is 5.56. The highest BCUT2D eigenvalue weighted by atomic mass is 32.2. The number of aryl methyl sites for hydroxylation is 2. The zero-order valence-electron chi connectivity index (χ0n) is 13.7. The summed E-state index contributed by atoms with van der Waals surface area (Å²) in [5.74, 6) is 0.592. The van der Waals surface area contributed by atoms with Gasteiger partial charge in [-0.15, -0.1) is 23.1 Å². The molecule has 0 saturated heterocycles. The average Bonchev–Trinajstić information content (AvgIpc) is 2.98. The summed E-state index contributed by atoms with van der Waals surface area (Å²) in [7, 11) is 0. The lowest BCUT2D eigenvalue weighted by atomic mass is 10.0. The van der Waals surface area contributed by atoms with Crippen molar-refractivity contribution in [2.75, 3.05) is 12.3 Å². The molecule has 118 valence electrons. The van der Waals surface area contributed by atoms with E-state index in [0.29, 0.717) is 12.3 Å². The molecule has 0 aliphatic carbocycles. The van der Waals surface area contributed by atoms with Gasteiger partial charge in [0.1, 0.15) is 0 Å². The number of carbonyl (C=O) groups excluding carboxylic acids is 1. The molecule has 0 atom stereocenters. The normalized spacial score (nSPS) is 10.7. The van der Waals surface area contributed by atoms with E-state index in [4.69, 9.17) is 0 Å². The Labute approximate surface area is 141 Å².